The molecule has 1 atom stereocenters. The first-order valence-electron chi connectivity index (χ1n) is 6.47. The Morgan fingerprint density at radius 2 is 2.11 bits per heavy atom. The van der Waals surface area contributed by atoms with Crippen LogP contribution in [0.25, 0.3) is 0 Å². The predicted octanol–water partition coefficient (Wildman–Crippen LogP) is 1.03. The Labute approximate surface area is 112 Å². The van der Waals surface area contributed by atoms with Crippen LogP contribution < -0.4 is 10.2 Å². The molecule has 1 aliphatic heterocycles. The van der Waals surface area contributed by atoms with Gasteiger partial charge in [-0.05, 0) is 24.1 Å². The van der Waals surface area contributed by atoms with Crippen LogP contribution in [0.2, 0.25) is 0 Å². The molecule has 102 valence electrons. The van der Waals surface area contributed by atoms with E-state index in [9.17, 15) is 9.59 Å². The Morgan fingerprint density at radius 3 is 2.68 bits per heavy atom. The van der Waals surface area contributed by atoms with Gasteiger partial charge in [0.2, 0.25) is 5.91 Å². The molecule has 19 heavy (non-hydrogen) atoms. The van der Waals surface area contributed by atoms with Crippen molar-refractivity contribution in [3.05, 3.63) is 29.8 Å². The molecular formula is C14H18N2O3. The molecule has 1 aromatic carbocycles. The van der Waals surface area contributed by atoms with E-state index in [-0.39, 0.29) is 12.3 Å². The minimum atomic E-state index is -0.961. The summed E-state index contributed by atoms with van der Waals surface area (Å²) in [7, 11) is 0. The van der Waals surface area contributed by atoms with Gasteiger partial charge in [-0.15, -0.1) is 0 Å². The first-order chi connectivity index (χ1) is 9.11. The van der Waals surface area contributed by atoms with Gasteiger partial charge in [0.05, 0.1) is 6.42 Å². The third kappa shape index (κ3) is 3.05. The van der Waals surface area contributed by atoms with Crippen molar-refractivity contribution in [1.82, 2.24) is 5.32 Å². The van der Waals surface area contributed by atoms with Gasteiger partial charge >= 0.3 is 5.97 Å². The number of aliphatic carboxylic acids is 1. The van der Waals surface area contributed by atoms with Crippen molar-refractivity contribution >= 4 is 17.6 Å². The summed E-state index contributed by atoms with van der Waals surface area (Å²) in [4.78, 5) is 24.6. The van der Waals surface area contributed by atoms with E-state index in [1.807, 2.05) is 29.2 Å². The lowest BCUT2D eigenvalue weighted by Gasteiger charge is -2.36. The largest absolute Gasteiger partial charge is 0.481 e. The Balaban J connectivity index is 2.22. The number of hydrogen-bond donors (Lipinski definition) is 2. The van der Waals surface area contributed by atoms with Crippen LogP contribution in [0.3, 0.4) is 0 Å². The monoisotopic (exact) mass is 262 g/mol. The van der Waals surface area contributed by atoms with Gasteiger partial charge in [0.1, 0.15) is 6.04 Å². The highest BCUT2D eigenvalue weighted by atomic mass is 16.4. The maximum atomic E-state index is 11.8. The highest BCUT2D eigenvalue weighted by molar-refractivity contribution is 5.90. The second-order valence-electron chi connectivity index (χ2n) is 4.62. The van der Waals surface area contributed by atoms with Crippen molar-refractivity contribution in [1.29, 1.82) is 0 Å². The molecule has 1 aliphatic rings. The lowest BCUT2D eigenvalue weighted by atomic mass is 10.1. The van der Waals surface area contributed by atoms with E-state index in [2.05, 4.69) is 12.2 Å². The Bertz CT molecular complexity index is 470. The van der Waals surface area contributed by atoms with E-state index in [4.69, 9.17) is 5.11 Å². The number of anilines is 1. The second-order valence-corrected chi connectivity index (χ2v) is 4.62. The second kappa shape index (κ2) is 5.73. The number of aryl methyl sites for hydroxylation is 1. The number of carboxylic acids is 1. The molecule has 1 aromatic rings. The van der Waals surface area contributed by atoms with Crippen LogP contribution in [0.4, 0.5) is 5.69 Å². The van der Waals surface area contributed by atoms with Gasteiger partial charge in [0, 0.05) is 18.8 Å². The average Bonchev–Trinajstić information content (AvgIpc) is 2.41. The lowest BCUT2D eigenvalue weighted by Crippen LogP contribution is -2.56. The Hall–Kier alpha value is -2.04. The van der Waals surface area contributed by atoms with Crippen LogP contribution in [0.15, 0.2) is 24.3 Å². The minimum absolute atomic E-state index is 0.179. The van der Waals surface area contributed by atoms with E-state index >= 15 is 0 Å². The quantitative estimate of drug-likeness (QED) is 0.850. The Morgan fingerprint density at radius 1 is 1.42 bits per heavy atom. The fraction of sp³-hybridized carbons (Fsp3) is 0.429. The summed E-state index contributed by atoms with van der Waals surface area (Å²) in [6.45, 7) is 3.26. The first-order valence-corrected chi connectivity index (χ1v) is 6.47. The van der Waals surface area contributed by atoms with Crippen LogP contribution >= 0.6 is 0 Å². The maximum absolute atomic E-state index is 11.8. The lowest BCUT2D eigenvalue weighted by molar-refractivity contribution is -0.139. The summed E-state index contributed by atoms with van der Waals surface area (Å²) in [6, 6.07) is 7.30. The average molecular weight is 262 g/mol. The van der Waals surface area contributed by atoms with E-state index in [0.717, 1.165) is 12.1 Å². The molecule has 0 aromatic heterocycles. The number of rotatable bonds is 4. The maximum Gasteiger partial charge on any atom is 0.305 e. The van der Waals surface area contributed by atoms with Crippen molar-refractivity contribution in [2.75, 3.05) is 18.0 Å². The number of carbonyl (C=O) groups excluding carboxylic acids is 1. The summed E-state index contributed by atoms with van der Waals surface area (Å²) in [6.07, 6.45) is 0.778. The highest BCUT2D eigenvalue weighted by Gasteiger charge is 2.31. The summed E-state index contributed by atoms with van der Waals surface area (Å²) in [5.74, 6) is -1.18. The molecule has 5 nitrogen and oxygen atoms in total. The van der Waals surface area contributed by atoms with Crippen molar-refractivity contribution in [2.24, 2.45) is 0 Å². The molecule has 1 heterocycles. The van der Waals surface area contributed by atoms with Crippen molar-refractivity contribution in [3.8, 4) is 0 Å². The smallest absolute Gasteiger partial charge is 0.305 e. The van der Waals surface area contributed by atoms with E-state index in [1.165, 1.54) is 5.56 Å². The predicted molar refractivity (Wildman–Crippen MR) is 72.2 cm³/mol. The zero-order valence-electron chi connectivity index (χ0n) is 10.9. The van der Waals surface area contributed by atoms with Gasteiger partial charge < -0.3 is 15.3 Å². The third-order valence-corrected chi connectivity index (χ3v) is 3.38. The molecule has 2 N–H and O–H groups in total. The van der Waals surface area contributed by atoms with Gasteiger partial charge in [0.15, 0.2) is 0 Å². The normalized spacial score (nSPS) is 19.1. The molecule has 1 saturated heterocycles. The van der Waals surface area contributed by atoms with E-state index in [0.29, 0.717) is 13.1 Å². The van der Waals surface area contributed by atoms with Crippen molar-refractivity contribution < 1.29 is 14.7 Å². The molecule has 5 heteroatoms. The summed E-state index contributed by atoms with van der Waals surface area (Å²) in [5, 5.41) is 11.6. The van der Waals surface area contributed by atoms with Crippen LogP contribution in [-0.2, 0) is 16.0 Å². The molecule has 0 bridgehead atoms. The van der Waals surface area contributed by atoms with Crippen LogP contribution in [0.1, 0.15) is 18.9 Å². The van der Waals surface area contributed by atoms with Gasteiger partial charge in [-0.2, -0.15) is 0 Å². The first kappa shape index (κ1) is 13.4. The number of nitrogens with zero attached hydrogens (tertiary/aromatic N) is 1. The van der Waals surface area contributed by atoms with Gasteiger partial charge in [-0.3, -0.25) is 9.59 Å². The summed E-state index contributed by atoms with van der Waals surface area (Å²) in [5.41, 5.74) is 2.12. The van der Waals surface area contributed by atoms with Gasteiger partial charge in [-0.1, -0.05) is 19.1 Å². The number of piperazine rings is 1. The molecule has 0 saturated carbocycles. The summed E-state index contributed by atoms with van der Waals surface area (Å²) < 4.78 is 0. The van der Waals surface area contributed by atoms with E-state index < -0.39 is 12.0 Å². The molecule has 1 fully saturated rings. The molecule has 1 amide bonds. The Kier molecular flexibility index (Phi) is 4.04. The topological polar surface area (TPSA) is 69.6 Å². The van der Waals surface area contributed by atoms with Gasteiger partial charge in [0.25, 0.3) is 0 Å². The fourth-order valence-electron chi connectivity index (χ4n) is 2.32. The van der Waals surface area contributed by atoms with Crippen molar-refractivity contribution in [2.45, 2.75) is 25.8 Å². The number of hydrogen-bond acceptors (Lipinski definition) is 3. The minimum Gasteiger partial charge on any atom is -0.481 e. The van der Waals surface area contributed by atoms with Crippen LogP contribution in [0.5, 0.6) is 0 Å². The molecule has 0 radical (unpaired) electrons. The summed E-state index contributed by atoms with van der Waals surface area (Å²) >= 11 is 0. The van der Waals surface area contributed by atoms with Gasteiger partial charge in [-0.25, -0.2) is 0 Å². The molecular weight excluding hydrogens is 244 g/mol. The zero-order valence-corrected chi connectivity index (χ0v) is 10.9. The number of nitrogens with one attached hydrogen (secondary N) is 1. The molecule has 0 spiro atoms. The number of benzene rings is 1. The SMILES string of the molecule is CCc1ccc(N2CCNC(=O)C2CC(=O)O)cc1. The molecule has 2 rings (SSSR count). The van der Waals surface area contributed by atoms with E-state index in [1.54, 1.807) is 0 Å². The number of carbonyl (C=O) groups is 2. The zero-order chi connectivity index (χ0) is 13.8. The third-order valence-electron chi connectivity index (χ3n) is 3.38. The number of amides is 1. The van der Waals surface area contributed by atoms with Crippen LogP contribution in [0, 0.1) is 0 Å². The molecule has 1 unspecified atom stereocenters. The van der Waals surface area contributed by atoms with Crippen molar-refractivity contribution in [3.63, 3.8) is 0 Å². The highest BCUT2D eigenvalue weighted by Crippen LogP contribution is 2.21. The number of carboxylic acid groups (broad SMARTS) is 1. The fourth-order valence-corrected chi connectivity index (χ4v) is 2.32. The van der Waals surface area contributed by atoms with Crippen LogP contribution in [-0.4, -0.2) is 36.1 Å². The molecule has 0 aliphatic carbocycles. The standard InChI is InChI=1S/C14H18N2O3/c1-2-10-3-5-11(6-4-10)16-8-7-15-14(19)12(16)9-13(17)18/h3-6,12H,2,7-9H2,1H3,(H,15,19)(H,17,18).